The van der Waals surface area contributed by atoms with Gasteiger partial charge in [-0.1, -0.05) is 0 Å². The fourth-order valence-electron chi connectivity index (χ4n) is 0.604. The van der Waals surface area contributed by atoms with E-state index in [0.717, 1.165) is 0 Å². The summed E-state index contributed by atoms with van der Waals surface area (Å²) in [4.78, 5) is 0. The van der Waals surface area contributed by atoms with Crippen LogP contribution >= 0.6 is 16.5 Å². The first-order valence-corrected chi connectivity index (χ1v) is 8.16. The summed E-state index contributed by atoms with van der Waals surface area (Å²) in [6.07, 6.45) is 5.93. The van der Waals surface area contributed by atoms with E-state index < -0.39 is 0 Å². The van der Waals surface area contributed by atoms with Crippen molar-refractivity contribution in [2.75, 3.05) is 12.3 Å². The average Bonchev–Trinajstić information content (AvgIpc) is 1.81. The van der Waals surface area contributed by atoms with Crippen molar-refractivity contribution in [1.29, 1.82) is 0 Å². The predicted molar refractivity (Wildman–Crippen MR) is 49.7 cm³/mol. The summed E-state index contributed by atoms with van der Waals surface area (Å²) < 4.78 is 0. The zero-order chi connectivity index (χ0) is 6.24. The third kappa shape index (κ3) is 6.86. The first-order chi connectivity index (χ1) is 3.91. The van der Waals surface area contributed by atoms with Gasteiger partial charge in [-0.3, -0.25) is 0 Å². The Balaban J connectivity index is 2.53. The zero-order valence-corrected chi connectivity index (χ0v) is 8.45. The van der Waals surface area contributed by atoms with Crippen LogP contribution in [0.25, 0.3) is 0 Å². The van der Waals surface area contributed by atoms with Gasteiger partial charge in [0.2, 0.25) is 0 Å². The van der Waals surface area contributed by atoms with Crippen LogP contribution in [0.5, 0.6) is 0 Å². The molecular weight excluding hydrogens is 134 g/mol. The van der Waals surface area contributed by atoms with Gasteiger partial charge in [0.15, 0.2) is 0 Å². The molecule has 0 bridgehead atoms. The van der Waals surface area contributed by atoms with E-state index in [9.17, 15) is 0 Å². The molecule has 52 valence electrons. The van der Waals surface area contributed by atoms with E-state index in [1.807, 2.05) is 0 Å². The van der Waals surface area contributed by atoms with Crippen molar-refractivity contribution in [2.24, 2.45) is 0 Å². The molecule has 0 spiro atoms. The van der Waals surface area contributed by atoms with Gasteiger partial charge in [0.25, 0.3) is 0 Å². The van der Waals surface area contributed by atoms with Crippen molar-refractivity contribution in [3.8, 4) is 0 Å². The molecule has 0 aromatic carbocycles. The topological polar surface area (TPSA) is 0 Å². The molecule has 0 heterocycles. The quantitative estimate of drug-likeness (QED) is 0.419. The molecule has 1 unspecified atom stereocenters. The maximum absolute atomic E-state index is 2.32. The van der Waals surface area contributed by atoms with Gasteiger partial charge in [0.1, 0.15) is 0 Å². The van der Waals surface area contributed by atoms with Crippen molar-refractivity contribution >= 4 is 16.5 Å². The second kappa shape index (κ2) is 7.86. The standard InChI is InChI=1S/C6H18P2/c1-3-5-6-8-7-4-2/h8H,3-6H2,1-2,7H3. The molecule has 2 heteroatoms. The Kier molecular flexibility index (Phi) is 8.70. The summed E-state index contributed by atoms with van der Waals surface area (Å²) in [5.41, 5.74) is 0. The van der Waals surface area contributed by atoms with Gasteiger partial charge >= 0.3 is 55.6 Å². The molecule has 0 nitrogen and oxygen atoms in total. The first kappa shape index (κ1) is 8.86. The molecule has 0 N–H and O–H groups in total. The Morgan fingerprint density at radius 1 is 1.38 bits per heavy atom. The van der Waals surface area contributed by atoms with Gasteiger partial charge in [-0.05, 0) is 0 Å². The molecule has 1 atom stereocenters. The molecule has 0 amide bonds. The van der Waals surface area contributed by atoms with E-state index in [1.165, 1.54) is 33.4 Å². The third-order valence-electron chi connectivity index (χ3n) is 1.13. The number of hydrogen-bond donors (Lipinski definition) is 0. The van der Waals surface area contributed by atoms with Crippen LogP contribution < -0.4 is 0 Å². The fourth-order valence-corrected chi connectivity index (χ4v) is 4.37. The molecule has 0 aliphatic heterocycles. The Labute approximate surface area is 56.3 Å². The monoisotopic (exact) mass is 152 g/mol. The van der Waals surface area contributed by atoms with Gasteiger partial charge in [0, 0.05) is 0 Å². The third-order valence-corrected chi connectivity index (χ3v) is 6.32. The minimum atomic E-state index is 0.429. The Morgan fingerprint density at radius 2 is 2.12 bits per heavy atom. The van der Waals surface area contributed by atoms with Gasteiger partial charge < -0.3 is 0 Å². The molecule has 0 aromatic heterocycles. The summed E-state index contributed by atoms with van der Waals surface area (Å²) >= 11 is 0. The molecular formula is C6H18P2. The van der Waals surface area contributed by atoms with E-state index in [1.54, 1.807) is 0 Å². The molecule has 0 saturated carbocycles. The van der Waals surface area contributed by atoms with Crippen LogP contribution in [-0.4, -0.2) is 12.3 Å². The van der Waals surface area contributed by atoms with E-state index >= 15 is 0 Å². The molecule has 0 aromatic rings. The second-order valence-corrected chi connectivity index (χ2v) is 7.60. The van der Waals surface area contributed by atoms with E-state index in [0.29, 0.717) is 8.27 Å². The maximum atomic E-state index is 2.32. The van der Waals surface area contributed by atoms with Crippen molar-refractivity contribution in [1.82, 2.24) is 0 Å². The number of rotatable bonds is 5. The molecule has 0 aliphatic carbocycles. The minimum absolute atomic E-state index is 0.429. The molecule has 0 aliphatic rings. The second-order valence-electron chi connectivity index (χ2n) is 2.10. The number of hydrogen-bond acceptors (Lipinski definition) is 0. The van der Waals surface area contributed by atoms with Crippen molar-refractivity contribution < 1.29 is 0 Å². The average molecular weight is 152 g/mol. The number of unbranched alkanes of at least 4 members (excludes halogenated alkanes) is 1. The van der Waals surface area contributed by atoms with Crippen LogP contribution in [-0.2, 0) is 0 Å². The zero-order valence-electron chi connectivity index (χ0n) is 6.04. The molecule has 0 fully saturated rings. The van der Waals surface area contributed by atoms with Crippen molar-refractivity contribution in [3.05, 3.63) is 0 Å². The summed E-state index contributed by atoms with van der Waals surface area (Å²) in [6.45, 7) is 4.60. The first-order valence-electron chi connectivity index (χ1n) is 3.62. The Bertz CT molecular complexity index is 31.5. The summed E-state index contributed by atoms with van der Waals surface area (Å²) in [5.74, 6) is 0. The van der Waals surface area contributed by atoms with E-state index in [4.69, 9.17) is 0 Å². The van der Waals surface area contributed by atoms with Crippen LogP contribution in [0.4, 0.5) is 0 Å². The van der Waals surface area contributed by atoms with Crippen LogP contribution in [0.15, 0.2) is 0 Å². The molecule has 0 radical (unpaired) electrons. The summed E-state index contributed by atoms with van der Waals surface area (Å²) in [6, 6.07) is 0. The molecule has 0 rings (SSSR count). The van der Waals surface area contributed by atoms with Gasteiger partial charge in [-0.25, -0.2) is 0 Å². The van der Waals surface area contributed by atoms with Crippen molar-refractivity contribution in [3.63, 3.8) is 0 Å². The van der Waals surface area contributed by atoms with Crippen LogP contribution in [0.1, 0.15) is 26.7 Å². The van der Waals surface area contributed by atoms with E-state index in [2.05, 4.69) is 13.8 Å². The Hall–Kier alpha value is 0.860. The Morgan fingerprint density at radius 3 is 2.62 bits per heavy atom. The predicted octanol–water partition coefficient (Wildman–Crippen LogP) is 2.54. The summed E-state index contributed by atoms with van der Waals surface area (Å²) in [7, 11) is 1.81. The van der Waals surface area contributed by atoms with Gasteiger partial charge in [-0.15, -0.1) is 0 Å². The van der Waals surface area contributed by atoms with Crippen LogP contribution in [0.3, 0.4) is 0 Å². The summed E-state index contributed by atoms with van der Waals surface area (Å²) in [5, 5.41) is 0. The van der Waals surface area contributed by atoms with Gasteiger partial charge in [0.05, 0.1) is 0 Å². The molecule has 8 heavy (non-hydrogen) atoms. The van der Waals surface area contributed by atoms with E-state index in [-0.39, 0.29) is 0 Å². The normalized spacial score (nSPS) is 11.8. The van der Waals surface area contributed by atoms with Crippen LogP contribution in [0.2, 0.25) is 0 Å². The van der Waals surface area contributed by atoms with Gasteiger partial charge in [-0.2, -0.15) is 0 Å². The SMILES string of the molecule is CCCCP[PH3]CC. The van der Waals surface area contributed by atoms with Crippen LogP contribution in [0, 0.1) is 0 Å². The van der Waals surface area contributed by atoms with Crippen molar-refractivity contribution in [2.45, 2.75) is 26.7 Å². The fraction of sp³-hybridized carbons (Fsp3) is 1.00. The molecule has 0 saturated heterocycles.